The molecule has 0 aliphatic heterocycles. The normalized spacial score (nSPS) is 17.0. The number of hydrogen-bond donors (Lipinski definition) is 2. The third kappa shape index (κ3) is 2.63. The lowest BCUT2D eigenvalue weighted by atomic mass is 9.73. The maximum atomic E-state index is 6.33. The van der Waals surface area contributed by atoms with Gasteiger partial charge in [0.25, 0.3) is 0 Å². The maximum absolute atomic E-state index is 6.33. The van der Waals surface area contributed by atoms with Crippen LogP contribution in [-0.2, 0) is 11.8 Å². The fourth-order valence-corrected chi connectivity index (χ4v) is 3.78. The Hall–Kier alpha value is -1.96. The van der Waals surface area contributed by atoms with Gasteiger partial charge >= 0.3 is 0 Å². The van der Waals surface area contributed by atoms with Crippen LogP contribution >= 0.6 is 0 Å². The van der Waals surface area contributed by atoms with Crippen LogP contribution in [0.25, 0.3) is 0 Å². The van der Waals surface area contributed by atoms with Gasteiger partial charge in [-0.3, -0.25) is 0 Å². The van der Waals surface area contributed by atoms with Gasteiger partial charge in [0.2, 0.25) is 0 Å². The van der Waals surface area contributed by atoms with E-state index in [1.54, 1.807) is 0 Å². The highest BCUT2D eigenvalue weighted by Gasteiger charge is 2.37. The molecule has 1 aliphatic rings. The molecule has 0 atom stereocenters. The minimum atomic E-state index is 0.184. The Balaban J connectivity index is 2.03. The van der Waals surface area contributed by atoms with E-state index in [2.05, 4.69) is 43.3 Å². The predicted molar refractivity (Wildman–Crippen MR) is 90.3 cm³/mol. The molecule has 2 heteroatoms. The number of hydrogen-bond acceptors (Lipinski definition) is 2. The van der Waals surface area contributed by atoms with Crippen LogP contribution in [0.2, 0.25) is 0 Å². The maximum Gasteiger partial charge on any atom is 0.0373 e. The Labute approximate surface area is 127 Å². The molecule has 2 nitrogen and oxygen atoms in total. The molecule has 0 amide bonds. The van der Waals surface area contributed by atoms with Crippen LogP contribution in [0.4, 0.5) is 11.4 Å². The van der Waals surface area contributed by atoms with E-state index in [0.717, 1.165) is 23.4 Å². The summed E-state index contributed by atoms with van der Waals surface area (Å²) in [5.41, 5.74) is 18.0. The number of benzene rings is 2. The first-order valence-electron chi connectivity index (χ1n) is 7.81. The monoisotopic (exact) mass is 280 g/mol. The Morgan fingerprint density at radius 2 is 1.62 bits per heavy atom. The molecule has 21 heavy (non-hydrogen) atoms. The van der Waals surface area contributed by atoms with Crippen molar-refractivity contribution in [1.29, 1.82) is 0 Å². The van der Waals surface area contributed by atoms with Crippen molar-refractivity contribution in [1.82, 2.24) is 0 Å². The molecule has 0 radical (unpaired) electrons. The smallest absolute Gasteiger partial charge is 0.0373 e. The average molecular weight is 280 g/mol. The van der Waals surface area contributed by atoms with Crippen LogP contribution in [0.1, 0.15) is 42.4 Å². The Morgan fingerprint density at radius 3 is 2.29 bits per heavy atom. The van der Waals surface area contributed by atoms with Crippen molar-refractivity contribution in [3.05, 3.63) is 59.2 Å². The van der Waals surface area contributed by atoms with E-state index < -0.39 is 0 Å². The van der Waals surface area contributed by atoms with Crippen molar-refractivity contribution in [3.63, 3.8) is 0 Å². The summed E-state index contributed by atoms with van der Waals surface area (Å²) in [6.07, 6.45) is 6.08. The average Bonchev–Trinajstić information content (AvgIpc) is 2.93. The lowest BCUT2D eigenvalue weighted by Crippen LogP contribution is -2.26. The van der Waals surface area contributed by atoms with E-state index >= 15 is 0 Å². The molecule has 2 aromatic rings. The highest BCUT2D eigenvalue weighted by atomic mass is 14.6. The predicted octanol–water partition coefficient (Wildman–Crippen LogP) is 4.21. The van der Waals surface area contributed by atoms with Crippen LogP contribution in [0.3, 0.4) is 0 Å². The standard InChI is InChI=1S/C19H24N2/c1-14-11-16(18(21)12-17(14)20)19(9-5-6-10-19)13-15-7-3-2-4-8-15/h2-4,7-8,11-12H,5-6,9-10,13,20-21H2,1H3. The zero-order valence-electron chi connectivity index (χ0n) is 12.7. The number of nitrogen functional groups attached to an aromatic ring is 2. The van der Waals surface area contributed by atoms with Gasteiger partial charge in [0.15, 0.2) is 0 Å². The fourth-order valence-electron chi connectivity index (χ4n) is 3.78. The van der Waals surface area contributed by atoms with Crippen molar-refractivity contribution in [2.75, 3.05) is 11.5 Å². The van der Waals surface area contributed by atoms with Crippen molar-refractivity contribution >= 4 is 11.4 Å². The summed E-state index contributed by atoms with van der Waals surface area (Å²) in [5, 5.41) is 0. The SMILES string of the molecule is Cc1cc(C2(Cc3ccccc3)CCCC2)c(N)cc1N. The second kappa shape index (κ2) is 5.44. The van der Waals surface area contributed by atoms with E-state index in [1.165, 1.54) is 36.8 Å². The van der Waals surface area contributed by atoms with Crippen LogP contribution in [0, 0.1) is 6.92 Å². The molecular weight excluding hydrogens is 256 g/mol. The molecule has 0 spiro atoms. The van der Waals surface area contributed by atoms with Crippen molar-refractivity contribution in [3.8, 4) is 0 Å². The minimum absolute atomic E-state index is 0.184. The Bertz CT molecular complexity index is 626. The first-order valence-corrected chi connectivity index (χ1v) is 7.81. The van der Waals surface area contributed by atoms with Crippen LogP contribution in [-0.4, -0.2) is 0 Å². The van der Waals surface area contributed by atoms with Crippen LogP contribution in [0.5, 0.6) is 0 Å². The van der Waals surface area contributed by atoms with Gasteiger partial charge in [0.1, 0.15) is 0 Å². The van der Waals surface area contributed by atoms with Gasteiger partial charge in [-0.1, -0.05) is 49.2 Å². The third-order valence-electron chi connectivity index (χ3n) is 4.96. The van der Waals surface area contributed by atoms with Gasteiger partial charge in [-0.2, -0.15) is 0 Å². The quantitative estimate of drug-likeness (QED) is 0.827. The number of anilines is 2. The highest BCUT2D eigenvalue weighted by molar-refractivity contribution is 5.63. The first-order chi connectivity index (χ1) is 10.1. The number of aryl methyl sites for hydroxylation is 1. The van der Waals surface area contributed by atoms with Gasteiger partial charge < -0.3 is 11.5 Å². The second-order valence-electron chi connectivity index (χ2n) is 6.45. The molecule has 0 aromatic heterocycles. The molecule has 0 heterocycles. The molecule has 1 saturated carbocycles. The number of rotatable bonds is 3. The molecule has 3 rings (SSSR count). The zero-order chi connectivity index (χ0) is 14.9. The van der Waals surface area contributed by atoms with Crippen molar-refractivity contribution in [2.24, 2.45) is 0 Å². The summed E-state index contributed by atoms with van der Waals surface area (Å²) in [4.78, 5) is 0. The van der Waals surface area contributed by atoms with Gasteiger partial charge in [-0.15, -0.1) is 0 Å². The third-order valence-corrected chi connectivity index (χ3v) is 4.96. The van der Waals surface area contributed by atoms with E-state index in [4.69, 9.17) is 11.5 Å². The summed E-state index contributed by atoms with van der Waals surface area (Å²) in [6, 6.07) is 14.9. The van der Waals surface area contributed by atoms with Crippen LogP contribution in [0.15, 0.2) is 42.5 Å². The van der Waals surface area contributed by atoms with E-state index in [9.17, 15) is 0 Å². The van der Waals surface area contributed by atoms with Crippen molar-refractivity contribution in [2.45, 2.75) is 44.4 Å². The van der Waals surface area contributed by atoms with Gasteiger partial charge in [0, 0.05) is 16.8 Å². The molecule has 1 fully saturated rings. The molecular formula is C19H24N2. The van der Waals surface area contributed by atoms with Gasteiger partial charge in [-0.05, 0) is 48.9 Å². The molecule has 1 aliphatic carbocycles. The fraction of sp³-hybridized carbons (Fsp3) is 0.368. The molecule has 0 unspecified atom stereocenters. The van der Waals surface area contributed by atoms with E-state index in [1.807, 2.05) is 6.07 Å². The summed E-state index contributed by atoms with van der Waals surface area (Å²) < 4.78 is 0. The molecule has 2 aromatic carbocycles. The first kappa shape index (κ1) is 14.0. The minimum Gasteiger partial charge on any atom is -0.398 e. The largest absolute Gasteiger partial charge is 0.398 e. The molecule has 0 saturated heterocycles. The molecule has 110 valence electrons. The zero-order valence-corrected chi connectivity index (χ0v) is 12.7. The van der Waals surface area contributed by atoms with E-state index in [-0.39, 0.29) is 5.41 Å². The summed E-state index contributed by atoms with van der Waals surface area (Å²) in [6.45, 7) is 2.07. The topological polar surface area (TPSA) is 52.0 Å². The lowest BCUT2D eigenvalue weighted by Gasteiger charge is -2.32. The summed E-state index contributed by atoms with van der Waals surface area (Å²) >= 11 is 0. The molecule has 0 bridgehead atoms. The van der Waals surface area contributed by atoms with E-state index in [0.29, 0.717) is 0 Å². The van der Waals surface area contributed by atoms with Crippen molar-refractivity contribution < 1.29 is 0 Å². The van der Waals surface area contributed by atoms with Gasteiger partial charge in [-0.25, -0.2) is 0 Å². The molecule has 4 N–H and O–H groups in total. The van der Waals surface area contributed by atoms with Crippen LogP contribution < -0.4 is 11.5 Å². The second-order valence-corrected chi connectivity index (χ2v) is 6.45. The Kier molecular flexibility index (Phi) is 3.62. The Morgan fingerprint density at radius 1 is 0.952 bits per heavy atom. The highest BCUT2D eigenvalue weighted by Crippen LogP contribution is 2.46. The summed E-state index contributed by atoms with van der Waals surface area (Å²) in [5.74, 6) is 0. The van der Waals surface area contributed by atoms with Gasteiger partial charge in [0.05, 0.1) is 0 Å². The number of nitrogens with two attached hydrogens (primary N) is 2. The summed E-state index contributed by atoms with van der Waals surface area (Å²) in [7, 11) is 0. The lowest BCUT2D eigenvalue weighted by molar-refractivity contribution is 0.439.